The molecule has 2 fully saturated rings. The van der Waals surface area contributed by atoms with Gasteiger partial charge in [-0.2, -0.15) is 0 Å². The zero-order chi connectivity index (χ0) is 26.4. The number of hydrogen-bond acceptors (Lipinski definition) is 8. The van der Waals surface area contributed by atoms with Crippen LogP contribution in [0.1, 0.15) is 16.8 Å². The summed E-state index contributed by atoms with van der Waals surface area (Å²) in [6, 6.07) is 23.3. The van der Waals surface area contributed by atoms with Gasteiger partial charge < -0.3 is 9.80 Å². The number of nitrogens with zero attached hydrogens (tertiary/aromatic N) is 8. The highest BCUT2D eigenvalue weighted by Gasteiger charge is 2.22. The molecule has 4 heterocycles. The van der Waals surface area contributed by atoms with Gasteiger partial charge in [0.1, 0.15) is 0 Å². The summed E-state index contributed by atoms with van der Waals surface area (Å²) < 4.78 is 0. The first-order chi connectivity index (χ1) is 19.2. The lowest BCUT2D eigenvalue weighted by atomic mass is 10.1. The van der Waals surface area contributed by atoms with Gasteiger partial charge in [-0.3, -0.25) is 9.80 Å². The molecule has 200 valence electrons. The number of benzene rings is 2. The zero-order valence-corrected chi connectivity index (χ0v) is 22.7. The first-order valence-corrected chi connectivity index (χ1v) is 13.9. The number of hydrogen-bond donors (Lipinski definition) is 0. The monoisotopic (exact) mass is 520 g/mol. The quantitative estimate of drug-likeness (QED) is 0.364. The van der Waals surface area contributed by atoms with Crippen molar-refractivity contribution in [2.75, 3.05) is 62.2 Å². The van der Waals surface area contributed by atoms with Gasteiger partial charge in [-0.1, -0.05) is 60.7 Å². The Morgan fingerprint density at radius 2 is 1.10 bits per heavy atom. The van der Waals surface area contributed by atoms with Crippen LogP contribution in [0.15, 0.2) is 79.1 Å². The molecular weight excluding hydrogens is 484 g/mol. The second-order valence-electron chi connectivity index (χ2n) is 10.4. The van der Waals surface area contributed by atoms with Gasteiger partial charge in [-0.15, -0.1) is 0 Å². The molecule has 0 aliphatic carbocycles. The molecule has 2 aliphatic rings. The van der Waals surface area contributed by atoms with Crippen molar-refractivity contribution >= 4 is 11.9 Å². The van der Waals surface area contributed by atoms with Crippen LogP contribution >= 0.6 is 0 Å². The maximum atomic E-state index is 4.92. The Bertz CT molecular complexity index is 1350. The molecular formula is C31H36N8. The Hall–Kier alpha value is -3.88. The Morgan fingerprint density at radius 1 is 0.590 bits per heavy atom. The lowest BCUT2D eigenvalue weighted by Crippen LogP contribution is -2.46. The van der Waals surface area contributed by atoms with E-state index in [2.05, 4.69) is 92.2 Å². The number of aromatic nitrogens is 4. The van der Waals surface area contributed by atoms with Crippen molar-refractivity contribution < 1.29 is 0 Å². The topological polar surface area (TPSA) is 64.5 Å². The zero-order valence-electron chi connectivity index (χ0n) is 22.7. The fourth-order valence-corrected chi connectivity index (χ4v) is 5.40. The first kappa shape index (κ1) is 25.4. The SMILES string of the molecule is Cc1nc(N2CCN(Cc3ccccc3)CC2)ncc1-c1ccnc(N2CCN(Cc3ccccc3)CC2)n1. The molecule has 0 atom stereocenters. The highest BCUT2D eigenvalue weighted by molar-refractivity contribution is 5.62. The number of aryl methyl sites for hydroxylation is 1. The minimum atomic E-state index is 0.782. The van der Waals surface area contributed by atoms with Gasteiger partial charge in [0.2, 0.25) is 11.9 Å². The summed E-state index contributed by atoms with van der Waals surface area (Å²) in [5.41, 5.74) is 5.51. The first-order valence-electron chi connectivity index (χ1n) is 13.9. The Kier molecular flexibility index (Phi) is 7.74. The maximum Gasteiger partial charge on any atom is 0.225 e. The molecule has 39 heavy (non-hydrogen) atoms. The highest BCUT2D eigenvalue weighted by Crippen LogP contribution is 2.24. The van der Waals surface area contributed by atoms with Gasteiger partial charge in [0.25, 0.3) is 0 Å². The third-order valence-electron chi connectivity index (χ3n) is 7.69. The van der Waals surface area contributed by atoms with Crippen molar-refractivity contribution in [1.82, 2.24) is 29.7 Å². The van der Waals surface area contributed by atoms with E-state index < -0.39 is 0 Å². The molecule has 0 radical (unpaired) electrons. The molecule has 6 rings (SSSR count). The van der Waals surface area contributed by atoms with Crippen LogP contribution in [0.2, 0.25) is 0 Å². The van der Waals surface area contributed by atoms with E-state index in [1.807, 2.05) is 18.5 Å². The second kappa shape index (κ2) is 11.9. The third-order valence-corrected chi connectivity index (χ3v) is 7.69. The molecule has 0 bridgehead atoms. The molecule has 0 unspecified atom stereocenters. The van der Waals surface area contributed by atoms with Crippen molar-refractivity contribution in [3.63, 3.8) is 0 Å². The van der Waals surface area contributed by atoms with Crippen LogP contribution in [-0.2, 0) is 13.1 Å². The number of anilines is 2. The molecule has 0 spiro atoms. The Morgan fingerprint density at radius 3 is 1.62 bits per heavy atom. The molecule has 0 N–H and O–H groups in total. The average molecular weight is 521 g/mol. The largest absolute Gasteiger partial charge is 0.338 e. The summed E-state index contributed by atoms with van der Waals surface area (Å²) in [6.07, 6.45) is 3.78. The summed E-state index contributed by atoms with van der Waals surface area (Å²) in [6.45, 7) is 11.7. The lowest BCUT2D eigenvalue weighted by Gasteiger charge is -2.35. The summed E-state index contributed by atoms with van der Waals surface area (Å²) in [5.74, 6) is 1.59. The number of piperazine rings is 2. The van der Waals surface area contributed by atoms with Crippen molar-refractivity contribution in [1.29, 1.82) is 0 Å². The summed E-state index contributed by atoms with van der Waals surface area (Å²) in [5, 5.41) is 0. The van der Waals surface area contributed by atoms with Crippen LogP contribution in [0.25, 0.3) is 11.3 Å². The summed E-state index contributed by atoms with van der Waals surface area (Å²) >= 11 is 0. The van der Waals surface area contributed by atoms with E-state index in [1.54, 1.807) is 0 Å². The van der Waals surface area contributed by atoms with E-state index in [1.165, 1.54) is 11.1 Å². The second-order valence-corrected chi connectivity index (χ2v) is 10.4. The van der Waals surface area contributed by atoms with Crippen molar-refractivity contribution in [2.45, 2.75) is 20.0 Å². The Labute approximate surface area is 231 Å². The van der Waals surface area contributed by atoms with Gasteiger partial charge in [-0.25, -0.2) is 19.9 Å². The molecule has 2 saturated heterocycles. The molecule has 0 amide bonds. The predicted octanol–water partition coefficient (Wildman–Crippen LogP) is 3.89. The van der Waals surface area contributed by atoms with Crippen LogP contribution in [-0.4, -0.2) is 82.1 Å². The van der Waals surface area contributed by atoms with Gasteiger partial charge in [-0.05, 0) is 24.1 Å². The van der Waals surface area contributed by atoms with E-state index in [9.17, 15) is 0 Å². The van der Waals surface area contributed by atoms with Gasteiger partial charge in [0.15, 0.2) is 0 Å². The van der Waals surface area contributed by atoms with Crippen LogP contribution in [0.5, 0.6) is 0 Å². The van der Waals surface area contributed by atoms with Crippen molar-refractivity contribution in [3.05, 3.63) is 95.9 Å². The Balaban J connectivity index is 1.06. The van der Waals surface area contributed by atoms with Crippen LogP contribution in [0, 0.1) is 6.92 Å². The number of rotatable bonds is 7. The van der Waals surface area contributed by atoms with Gasteiger partial charge in [0, 0.05) is 83.4 Å². The maximum absolute atomic E-state index is 4.92. The normalized spacial score (nSPS) is 16.9. The molecule has 4 aromatic rings. The summed E-state index contributed by atoms with van der Waals surface area (Å²) in [4.78, 5) is 28.7. The van der Waals surface area contributed by atoms with E-state index in [0.29, 0.717) is 0 Å². The van der Waals surface area contributed by atoms with E-state index in [0.717, 1.165) is 94.3 Å². The predicted molar refractivity (Wildman–Crippen MR) is 156 cm³/mol. The van der Waals surface area contributed by atoms with Crippen molar-refractivity contribution in [2.24, 2.45) is 0 Å². The van der Waals surface area contributed by atoms with Crippen molar-refractivity contribution in [3.8, 4) is 11.3 Å². The average Bonchev–Trinajstić information content (AvgIpc) is 2.99. The van der Waals surface area contributed by atoms with E-state index in [4.69, 9.17) is 15.0 Å². The van der Waals surface area contributed by atoms with Gasteiger partial charge >= 0.3 is 0 Å². The molecule has 8 nitrogen and oxygen atoms in total. The van der Waals surface area contributed by atoms with Gasteiger partial charge in [0.05, 0.1) is 11.4 Å². The summed E-state index contributed by atoms with van der Waals surface area (Å²) in [7, 11) is 0. The molecule has 0 saturated carbocycles. The highest BCUT2D eigenvalue weighted by atomic mass is 15.3. The standard InChI is InChI=1S/C31H36N8/c1-25-28(22-33-31(34-25)39-20-16-37(17-21-39)24-27-10-6-3-7-11-27)29-12-13-32-30(35-29)38-18-14-36(15-19-38)23-26-8-4-2-5-9-26/h2-13,22H,14-21,23-24H2,1H3. The van der Waals surface area contributed by atoms with E-state index >= 15 is 0 Å². The molecule has 2 aromatic carbocycles. The lowest BCUT2D eigenvalue weighted by molar-refractivity contribution is 0.248. The third kappa shape index (κ3) is 6.24. The smallest absolute Gasteiger partial charge is 0.225 e. The minimum Gasteiger partial charge on any atom is -0.338 e. The van der Waals surface area contributed by atoms with Crippen LogP contribution in [0.4, 0.5) is 11.9 Å². The fourth-order valence-electron chi connectivity index (χ4n) is 5.40. The van der Waals surface area contributed by atoms with E-state index in [-0.39, 0.29) is 0 Å². The molecule has 2 aliphatic heterocycles. The minimum absolute atomic E-state index is 0.782. The molecule has 2 aromatic heterocycles. The fraction of sp³-hybridized carbons (Fsp3) is 0.355. The van der Waals surface area contributed by atoms with Crippen LogP contribution in [0.3, 0.4) is 0 Å². The van der Waals surface area contributed by atoms with Crippen LogP contribution < -0.4 is 9.80 Å². The molecule has 8 heteroatoms.